The molecule has 0 bridgehead atoms. The lowest BCUT2D eigenvalue weighted by atomic mass is 9.94. The van der Waals surface area contributed by atoms with Gasteiger partial charge in [0, 0.05) is 14.2 Å². The Labute approximate surface area is 76.5 Å². The topological polar surface area (TPSA) is 55.8 Å². The highest BCUT2D eigenvalue weighted by molar-refractivity contribution is 5.74. The van der Waals surface area contributed by atoms with E-state index in [1.165, 1.54) is 20.3 Å². The van der Waals surface area contributed by atoms with Crippen molar-refractivity contribution in [2.45, 2.75) is 5.79 Å². The lowest BCUT2D eigenvalue weighted by molar-refractivity contribution is -0.204. The van der Waals surface area contributed by atoms with E-state index < -0.39 is 17.7 Å². The van der Waals surface area contributed by atoms with Crippen LogP contribution in [0.2, 0.25) is 0 Å². The maximum absolute atomic E-state index is 10.8. The lowest BCUT2D eigenvalue weighted by Crippen LogP contribution is -2.44. The van der Waals surface area contributed by atoms with Gasteiger partial charge in [0.05, 0.1) is 0 Å². The van der Waals surface area contributed by atoms with Crippen LogP contribution < -0.4 is 0 Å². The minimum atomic E-state index is -1.17. The zero-order chi connectivity index (χ0) is 9.90. The van der Waals surface area contributed by atoms with Crippen molar-refractivity contribution in [3.05, 3.63) is 24.3 Å². The number of carboxylic acid groups (broad SMARTS) is 1. The number of aliphatic carboxylic acids is 1. The molecule has 1 rings (SSSR count). The zero-order valence-corrected chi connectivity index (χ0v) is 7.56. The van der Waals surface area contributed by atoms with Gasteiger partial charge in [-0.1, -0.05) is 18.2 Å². The summed E-state index contributed by atoms with van der Waals surface area (Å²) in [5.41, 5.74) is 0. The van der Waals surface area contributed by atoms with Crippen LogP contribution in [0, 0.1) is 5.92 Å². The largest absolute Gasteiger partial charge is 0.481 e. The van der Waals surface area contributed by atoms with E-state index in [0.717, 1.165) is 0 Å². The number of ether oxygens (including phenoxy) is 2. The van der Waals surface area contributed by atoms with Gasteiger partial charge in [-0.3, -0.25) is 4.79 Å². The second kappa shape index (κ2) is 3.72. The number of rotatable bonds is 3. The van der Waals surface area contributed by atoms with Crippen LogP contribution in [0.3, 0.4) is 0 Å². The maximum Gasteiger partial charge on any atom is 0.316 e. The van der Waals surface area contributed by atoms with Crippen LogP contribution in [0.25, 0.3) is 0 Å². The average molecular weight is 184 g/mol. The standard InChI is InChI=1S/C9H12O4/c1-12-9(13-2)6-4-3-5-7(9)8(10)11/h3-7H,1-2H3,(H,10,11). The van der Waals surface area contributed by atoms with E-state index in [2.05, 4.69) is 0 Å². The van der Waals surface area contributed by atoms with Crippen molar-refractivity contribution < 1.29 is 19.4 Å². The highest BCUT2D eigenvalue weighted by Gasteiger charge is 2.41. The van der Waals surface area contributed by atoms with E-state index in [0.29, 0.717) is 0 Å². The summed E-state index contributed by atoms with van der Waals surface area (Å²) in [5.74, 6) is -2.93. The molecule has 0 amide bonds. The number of methoxy groups -OCH3 is 2. The maximum atomic E-state index is 10.8. The summed E-state index contributed by atoms with van der Waals surface area (Å²) in [6, 6.07) is 0. The summed E-state index contributed by atoms with van der Waals surface area (Å²) in [5, 5.41) is 8.89. The Morgan fingerprint density at radius 2 is 2.00 bits per heavy atom. The fourth-order valence-electron chi connectivity index (χ4n) is 1.33. The average Bonchev–Trinajstić information content (AvgIpc) is 2.17. The monoisotopic (exact) mass is 184 g/mol. The van der Waals surface area contributed by atoms with E-state index in [1.54, 1.807) is 18.2 Å². The first-order chi connectivity index (χ1) is 6.16. The number of carboxylic acids is 1. The van der Waals surface area contributed by atoms with Gasteiger partial charge in [0.25, 0.3) is 0 Å². The van der Waals surface area contributed by atoms with E-state index in [1.807, 2.05) is 0 Å². The summed E-state index contributed by atoms with van der Waals surface area (Å²) in [6.07, 6.45) is 6.49. The quantitative estimate of drug-likeness (QED) is 0.659. The molecule has 1 N–H and O–H groups in total. The molecule has 1 aliphatic carbocycles. The normalized spacial score (nSPS) is 24.6. The highest BCUT2D eigenvalue weighted by atomic mass is 16.7. The first kappa shape index (κ1) is 9.95. The van der Waals surface area contributed by atoms with Gasteiger partial charge < -0.3 is 14.6 Å². The summed E-state index contributed by atoms with van der Waals surface area (Å²) in [7, 11) is 2.84. The Hall–Kier alpha value is -1.13. The van der Waals surface area contributed by atoms with Gasteiger partial charge in [-0.15, -0.1) is 0 Å². The number of hydrogen-bond donors (Lipinski definition) is 1. The molecule has 0 aromatic rings. The van der Waals surface area contributed by atoms with E-state index >= 15 is 0 Å². The van der Waals surface area contributed by atoms with Crippen molar-refractivity contribution in [1.29, 1.82) is 0 Å². The molecule has 0 fully saturated rings. The molecule has 0 saturated carbocycles. The molecule has 1 unspecified atom stereocenters. The SMILES string of the molecule is COC1(OC)C=CC=CC1C(=O)O. The van der Waals surface area contributed by atoms with Crippen LogP contribution in [0.15, 0.2) is 24.3 Å². The molecule has 1 aliphatic rings. The summed E-state index contributed by atoms with van der Waals surface area (Å²) < 4.78 is 10.1. The Bertz CT molecular complexity index is 250. The molecule has 0 saturated heterocycles. The van der Waals surface area contributed by atoms with E-state index in [9.17, 15) is 4.79 Å². The molecule has 0 heterocycles. The lowest BCUT2D eigenvalue weighted by Gasteiger charge is -2.32. The Balaban J connectivity index is 2.98. The van der Waals surface area contributed by atoms with Crippen LogP contribution in [0.1, 0.15) is 0 Å². The molecule has 0 aromatic carbocycles. The van der Waals surface area contributed by atoms with Crippen LogP contribution in [-0.4, -0.2) is 31.1 Å². The third-order valence-electron chi connectivity index (χ3n) is 2.08. The predicted octanol–water partition coefficient (Wildman–Crippen LogP) is 0.802. The third kappa shape index (κ3) is 1.64. The zero-order valence-electron chi connectivity index (χ0n) is 7.56. The van der Waals surface area contributed by atoms with Gasteiger partial charge in [0.2, 0.25) is 5.79 Å². The molecular weight excluding hydrogens is 172 g/mol. The van der Waals surface area contributed by atoms with E-state index in [4.69, 9.17) is 14.6 Å². The van der Waals surface area contributed by atoms with Crippen molar-refractivity contribution in [3.8, 4) is 0 Å². The minimum absolute atomic E-state index is 0.799. The number of carbonyl (C=O) groups is 1. The van der Waals surface area contributed by atoms with Gasteiger partial charge in [0.1, 0.15) is 5.92 Å². The van der Waals surface area contributed by atoms with Crippen molar-refractivity contribution >= 4 is 5.97 Å². The van der Waals surface area contributed by atoms with Crippen molar-refractivity contribution in [2.75, 3.05) is 14.2 Å². The van der Waals surface area contributed by atoms with E-state index in [-0.39, 0.29) is 0 Å². The molecule has 4 nitrogen and oxygen atoms in total. The Morgan fingerprint density at radius 3 is 2.38 bits per heavy atom. The fourth-order valence-corrected chi connectivity index (χ4v) is 1.33. The second-order valence-corrected chi connectivity index (χ2v) is 2.69. The molecule has 0 aromatic heterocycles. The van der Waals surface area contributed by atoms with Crippen LogP contribution >= 0.6 is 0 Å². The minimum Gasteiger partial charge on any atom is -0.481 e. The predicted molar refractivity (Wildman–Crippen MR) is 46.2 cm³/mol. The molecular formula is C9H12O4. The van der Waals surface area contributed by atoms with Crippen molar-refractivity contribution in [2.24, 2.45) is 5.92 Å². The highest BCUT2D eigenvalue weighted by Crippen LogP contribution is 2.28. The summed E-state index contributed by atoms with van der Waals surface area (Å²) >= 11 is 0. The van der Waals surface area contributed by atoms with Crippen LogP contribution in [-0.2, 0) is 14.3 Å². The molecule has 4 heteroatoms. The smallest absolute Gasteiger partial charge is 0.316 e. The van der Waals surface area contributed by atoms with Gasteiger partial charge in [0.15, 0.2) is 0 Å². The molecule has 72 valence electrons. The van der Waals surface area contributed by atoms with Gasteiger partial charge in [-0.05, 0) is 6.08 Å². The first-order valence-electron chi connectivity index (χ1n) is 3.85. The second-order valence-electron chi connectivity index (χ2n) is 2.69. The van der Waals surface area contributed by atoms with Gasteiger partial charge in [-0.25, -0.2) is 0 Å². The van der Waals surface area contributed by atoms with Crippen LogP contribution in [0.5, 0.6) is 0 Å². The van der Waals surface area contributed by atoms with Crippen molar-refractivity contribution in [3.63, 3.8) is 0 Å². The number of hydrogen-bond acceptors (Lipinski definition) is 3. The summed E-state index contributed by atoms with van der Waals surface area (Å²) in [6.45, 7) is 0. The fraction of sp³-hybridized carbons (Fsp3) is 0.444. The molecule has 0 aliphatic heterocycles. The summed E-state index contributed by atoms with van der Waals surface area (Å²) in [4.78, 5) is 10.8. The van der Waals surface area contributed by atoms with Crippen LogP contribution in [0.4, 0.5) is 0 Å². The Morgan fingerprint density at radius 1 is 1.38 bits per heavy atom. The third-order valence-corrected chi connectivity index (χ3v) is 2.08. The molecule has 13 heavy (non-hydrogen) atoms. The van der Waals surface area contributed by atoms with Gasteiger partial charge in [-0.2, -0.15) is 0 Å². The molecule has 0 radical (unpaired) electrons. The Kier molecular flexibility index (Phi) is 2.85. The number of allylic oxidation sites excluding steroid dienone is 2. The molecule has 0 spiro atoms. The molecule has 1 atom stereocenters. The first-order valence-corrected chi connectivity index (χ1v) is 3.85. The van der Waals surface area contributed by atoms with Crippen molar-refractivity contribution in [1.82, 2.24) is 0 Å². The van der Waals surface area contributed by atoms with Gasteiger partial charge >= 0.3 is 5.97 Å².